The molecule has 1 unspecified atom stereocenters. The number of rotatable bonds is 4. The van der Waals surface area contributed by atoms with Gasteiger partial charge in [0.25, 0.3) is 0 Å². The maximum Gasteiger partial charge on any atom is 0.233 e. The highest BCUT2D eigenvalue weighted by molar-refractivity contribution is 9.10. The van der Waals surface area contributed by atoms with E-state index >= 15 is 0 Å². The molecule has 1 saturated heterocycles. The molecular weight excluding hydrogens is 304 g/mol. The highest BCUT2D eigenvalue weighted by atomic mass is 79.9. The Morgan fingerprint density at radius 1 is 1.47 bits per heavy atom. The minimum atomic E-state index is -3.25. The highest BCUT2D eigenvalue weighted by Gasteiger charge is 2.22. The van der Waals surface area contributed by atoms with E-state index in [2.05, 4.69) is 26.0 Å². The number of sulfonamides is 1. The molecule has 94 valence electrons. The zero-order valence-electron chi connectivity index (χ0n) is 9.32. The second kappa shape index (κ2) is 5.37. The first-order chi connectivity index (χ1) is 8.05. The molecule has 0 spiro atoms. The Kier molecular flexibility index (Phi) is 4.06. The predicted molar refractivity (Wildman–Crippen MR) is 72.5 cm³/mol. The standard InChI is InChI=1S/C11H15BrN2O2S/c12-10-2-1-3-11(6-10)14-17(15,16)8-9-4-5-13-7-9/h1-3,6,9,13-14H,4-5,7-8H2. The Balaban J connectivity index is 2.01. The Morgan fingerprint density at radius 3 is 2.94 bits per heavy atom. The van der Waals surface area contributed by atoms with Crippen LogP contribution >= 0.6 is 15.9 Å². The summed E-state index contributed by atoms with van der Waals surface area (Å²) in [6, 6.07) is 7.16. The number of benzene rings is 1. The topological polar surface area (TPSA) is 58.2 Å². The van der Waals surface area contributed by atoms with E-state index in [9.17, 15) is 8.42 Å². The molecule has 2 N–H and O–H groups in total. The van der Waals surface area contributed by atoms with Gasteiger partial charge in [-0.05, 0) is 43.6 Å². The third-order valence-corrected chi connectivity index (χ3v) is 4.67. The van der Waals surface area contributed by atoms with E-state index in [1.807, 2.05) is 6.07 Å². The molecule has 0 bridgehead atoms. The van der Waals surface area contributed by atoms with E-state index in [1.165, 1.54) is 0 Å². The van der Waals surface area contributed by atoms with Gasteiger partial charge in [-0.25, -0.2) is 8.42 Å². The number of hydrogen-bond acceptors (Lipinski definition) is 3. The van der Waals surface area contributed by atoms with Gasteiger partial charge in [0.2, 0.25) is 10.0 Å². The van der Waals surface area contributed by atoms with Crippen molar-refractivity contribution in [2.24, 2.45) is 5.92 Å². The van der Waals surface area contributed by atoms with Gasteiger partial charge in [0.05, 0.1) is 5.75 Å². The molecule has 1 atom stereocenters. The molecule has 1 aliphatic rings. The van der Waals surface area contributed by atoms with Gasteiger partial charge in [0, 0.05) is 10.2 Å². The smallest absolute Gasteiger partial charge is 0.233 e. The molecular formula is C11H15BrN2O2S. The summed E-state index contributed by atoms with van der Waals surface area (Å²) in [5, 5.41) is 3.17. The van der Waals surface area contributed by atoms with E-state index in [1.54, 1.807) is 18.2 Å². The Hall–Kier alpha value is -0.590. The second-order valence-electron chi connectivity index (χ2n) is 4.25. The van der Waals surface area contributed by atoms with Crippen LogP contribution in [0.2, 0.25) is 0 Å². The van der Waals surface area contributed by atoms with Crippen LogP contribution in [0.3, 0.4) is 0 Å². The fourth-order valence-corrected chi connectivity index (χ4v) is 3.81. The van der Waals surface area contributed by atoms with E-state index < -0.39 is 10.0 Å². The summed E-state index contributed by atoms with van der Waals surface area (Å²) in [6.45, 7) is 1.70. The molecule has 1 heterocycles. The number of halogens is 1. The molecule has 2 rings (SSSR count). The molecule has 4 nitrogen and oxygen atoms in total. The minimum absolute atomic E-state index is 0.187. The molecule has 0 aromatic heterocycles. The summed E-state index contributed by atoms with van der Waals surface area (Å²) in [7, 11) is -3.25. The lowest BCUT2D eigenvalue weighted by Crippen LogP contribution is -2.24. The molecule has 0 amide bonds. The van der Waals surface area contributed by atoms with Crippen molar-refractivity contribution >= 4 is 31.6 Å². The quantitative estimate of drug-likeness (QED) is 0.890. The van der Waals surface area contributed by atoms with E-state index in [0.717, 1.165) is 24.0 Å². The van der Waals surface area contributed by atoms with Crippen molar-refractivity contribution in [2.75, 3.05) is 23.6 Å². The maximum atomic E-state index is 11.9. The second-order valence-corrected chi connectivity index (χ2v) is 6.94. The van der Waals surface area contributed by atoms with Crippen LogP contribution in [-0.4, -0.2) is 27.3 Å². The van der Waals surface area contributed by atoms with Crippen molar-refractivity contribution in [2.45, 2.75) is 6.42 Å². The molecule has 1 aromatic rings. The third-order valence-electron chi connectivity index (χ3n) is 2.72. The molecule has 0 saturated carbocycles. The molecule has 1 aromatic carbocycles. The van der Waals surface area contributed by atoms with Crippen molar-refractivity contribution in [1.82, 2.24) is 5.32 Å². The summed E-state index contributed by atoms with van der Waals surface area (Å²) in [5.41, 5.74) is 0.602. The van der Waals surface area contributed by atoms with Gasteiger partial charge in [-0.2, -0.15) is 0 Å². The first kappa shape index (κ1) is 12.9. The monoisotopic (exact) mass is 318 g/mol. The lowest BCUT2D eigenvalue weighted by molar-refractivity contribution is 0.575. The van der Waals surface area contributed by atoms with Crippen LogP contribution < -0.4 is 10.0 Å². The number of nitrogens with one attached hydrogen (secondary N) is 2. The molecule has 0 radical (unpaired) electrons. The number of hydrogen-bond donors (Lipinski definition) is 2. The van der Waals surface area contributed by atoms with Gasteiger partial charge in [0.15, 0.2) is 0 Å². The average molecular weight is 319 g/mol. The molecule has 1 aliphatic heterocycles. The van der Waals surface area contributed by atoms with Crippen LogP contribution in [0.1, 0.15) is 6.42 Å². The minimum Gasteiger partial charge on any atom is -0.316 e. The summed E-state index contributed by atoms with van der Waals surface area (Å²) < 4.78 is 27.3. The first-order valence-corrected chi connectivity index (χ1v) is 7.96. The van der Waals surface area contributed by atoms with Crippen LogP contribution in [-0.2, 0) is 10.0 Å². The van der Waals surface area contributed by atoms with Crippen LogP contribution in [0, 0.1) is 5.92 Å². The molecule has 17 heavy (non-hydrogen) atoms. The van der Waals surface area contributed by atoms with Crippen LogP contribution in [0.25, 0.3) is 0 Å². The van der Waals surface area contributed by atoms with Gasteiger partial charge in [-0.3, -0.25) is 4.72 Å². The first-order valence-electron chi connectivity index (χ1n) is 5.52. The molecule has 6 heteroatoms. The SMILES string of the molecule is O=S(=O)(CC1CCNC1)Nc1cccc(Br)c1. The summed E-state index contributed by atoms with van der Waals surface area (Å²) in [5.74, 6) is 0.409. The summed E-state index contributed by atoms with van der Waals surface area (Å²) >= 11 is 3.31. The third kappa shape index (κ3) is 3.97. The van der Waals surface area contributed by atoms with Crippen molar-refractivity contribution < 1.29 is 8.42 Å². The highest BCUT2D eigenvalue weighted by Crippen LogP contribution is 2.18. The van der Waals surface area contributed by atoms with Gasteiger partial charge in [0.1, 0.15) is 0 Å². The van der Waals surface area contributed by atoms with E-state index in [0.29, 0.717) is 5.69 Å². The van der Waals surface area contributed by atoms with Crippen molar-refractivity contribution in [3.8, 4) is 0 Å². The normalized spacial score (nSPS) is 20.4. The largest absolute Gasteiger partial charge is 0.316 e. The van der Waals surface area contributed by atoms with Crippen molar-refractivity contribution in [3.63, 3.8) is 0 Å². The maximum absolute atomic E-state index is 11.9. The van der Waals surface area contributed by atoms with Crippen LogP contribution in [0.5, 0.6) is 0 Å². The van der Waals surface area contributed by atoms with E-state index in [4.69, 9.17) is 0 Å². The average Bonchev–Trinajstić information content (AvgIpc) is 2.68. The van der Waals surface area contributed by atoms with Crippen LogP contribution in [0.4, 0.5) is 5.69 Å². The fraction of sp³-hybridized carbons (Fsp3) is 0.455. The Morgan fingerprint density at radius 2 is 2.29 bits per heavy atom. The van der Waals surface area contributed by atoms with E-state index in [-0.39, 0.29) is 11.7 Å². The van der Waals surface area contributed by atoms with Gasteiger partial charge >= 0.3 is 0 Å². The van der Waals surface area contributed by atoms with Crippen LogP contribution in [0.15, 0.2) is 28.7 Å². The number of anilines is 1. The Labute approximate surface area is 110 Å². The summed E-state index contributed by atoms with van der Waals surface area (Å²) in [6.07, 6.45) is 0.930. The van der Waals surface area contributed by atoms with Crippen molar-refractivity contribution in [1.29, 1.82) is 0 Å². The van der Waals surface area contributed by atoms with Crippen molar-refractivity contribution in [3.05, 3.63) is 28.7 Å². The predicted octanol–water partition coefficient (Wildman–Crippen LogP) is 1.80. The fourth-order valence-electron chi connectivity index (χ4n) is 1.94. The van der Waals surface area contributed by atoms with Gasteiger partial charge in [-0.15, -0.1) is 0 Å². The van der Waals surface area contributed by atoms with Gasteiger partial charge < -0.3 is 5.32 Å². The summed E-state index contributed by atoms with van der Waals surface area (Å²) in [4.78, 5) is 0. The van der Waals surface area contributed by atoms with Gasteiger partial charge in [-0.1, -0.05) is 22.0 Å². The Bertz CT molecular complexity index is 484. The lowest BCUT2D eigenvalue weighted by atomic mass is 10.2. The lowest BCUT2D eigenvalue weighted by Gasteiger charge is -2.11. The zero-order valence-corrected chi connectivity index (χ0v) is 11.7. The molecule has 0 aliphatic carbocycles. The molecule has 1 fully saturated rings. The zero-order chi connectivity index (χ0) is 12.3.